The molecule has 0 radical (unpaired) electrons. The number of hydrogen-bond donors (Lipinski definition) is 2. The van der Waals surface area contributed by atoms with Gasteiger partial charge in [0.1, 0.15) is 0 Å². The average Bonchev–Trinajstić information content (AvgIpc) is 3.46. The number of primary sulfonamides is 1. The van der Waals surface area contributed by atoms with Crippen LogP contribution >= 0.6 is 15.9 Å². The summed E-state index contributed by atoms with van der Waals surface area (Å²) < 4.78 is 25.4. The molecule has 0 atom stereocenters. The maximum atomic E-state index is 12.7. The third kappa shape index (κ3) is 4.61. The lowest BCUT2D eigenvalue weighted by atomic mass is 10.1. The van der Waals surface area contributed by atoms with Gasteiger partial charge in [0, 0.05) is 16.9 Å². The van der Waals surface area contributed by atoms with Crippen molar-refractivity contribution in [3.63, 3.8) is 0 Å². The van der Waals surface area contributed by atoms with Gasteiger partial charge in [-0.1, -0.05) is 33.3 Å². The molecule has 3 N–H and O–H groups in total. The smallest absolute Gasteiger partial charge is 0.273 e. The van der Waals surface area contributed by atoms with Gasteiger partial charge in [-0.15, -0.1) is 5.10 Å². The van der Waals surface area contributed by atoms with Gasteiger partial charge < -0.3 is 5.32 Å². The molecule has 8 nitrogen and oxygen atoms in total. The summed E-state index contributed by atoms with van der Waals surface area (Å²) in [7, 11) is -3.71. The molecule has 1 aromatic heterocycles. The molecule has 1 heterocycles. The molecule has 0 bridgehead atoms. The molecular formula is C20H20BrN5O3S. The lowest BCUT2D eigenvalue weighted by Crippen LogP contribution is -2.27. The molecule has 0 saturated heterocycles. The van der Waals surface area contributed by atoms with Gasteiger partial charge in [0.15, 0.2) is 5.69 Å². The van der Waals surface area contributed by atoms with Gasteiger partial charge in [-0.25, -0.2) is 18.2 Å². The molecule has 156 valence electrons. The van der Waals surface area contributed by atoms with Gasteiger partial charge in [0.2, 0.25) is 10.0 Å². The number of benzene rings is 2. The first-order valence-electron chi connectivity index (χ1n) is 9.44. The van der Waals surface area contributed by atoms with Crippen LogP contribution in [0.4, 0.5) is 0 Å². The van der Waals surface area contributed by atoms with Crippen LogP contribution < -0.4 is 10.5 Å². The van der Waals surface area contributed by atoms with Crippen molar-refractivity contribution >= 4 is 31.9 Å². The Morgan fingerprint density at radius 2 is 1.80 bits per heavy atom. The number of carbonyl (C=O) groups is 1. The Morgan fingerprint density at radius 3 is 2.40 bits per heavy atom. The van der Waals surface area contributed by atoms with Crippen molar-refractivity contribution in [2.24, 2.45) is 5.14 Å². The number of carbonyl (C=O) groups excluding carboxylic acids is 1. The van der Waals surface area contributed by atoms with Crippen molar-refractivity contribution in [3.8, 4) is 5.69 Å². The zero-order valence-corrected chi connectivity index (χ0v) is 18.4. The minimum absolute atomic E-state index is 0.0638. The number of nitrogens with one attached hydrogen (secondary N) is 1. The third-order valence-corrected chi connectivity index (χ3v) is 6.36. The Balaban J connectivity index is 1.44. The van der Waals surface area contributed by atoms with E-state index in [2.05, 4.69) is 31.6 Å². The second-order valence-electron chi connectivity index (χ2n) is 7.18. The molecule has 30 heavy (non-hydrogen) atoms. The number of amides is 1. The van der Waals surface area contributed by atoms with Crippen molar-refractivity contribution in [1.29, 1.82) is 0 Å². The average molecular weight is 490 g/mol. The van der Waals surface area contributed by atoms with Gasteiger partial charge in [-0.3, -0.25) is 4.79 Å². The van der Waals surface area contributed by atoms with E-state index in [-0.39, 0.29) is 16.7 Å². The largest absolute Gasteiger partial charge is 0.350 e. The molecular weight excluding hydrogens is 470 g/mol. The minimum Gasteiger partial charge on any atom is -0.350 e. The number of sulfonamides is 1. The molecule has 2 aromatic carbocycles. The molecule has 1 amide bonds. The summed E-state index contributed by atoms with van der Waals surface area (Å²) in [5.74, 6) is 0.0246. The third-order valence-electron chi connectivity index (χ3n) is 4.91. The Bertz CT molecular complexity index is 1170. The van der Waals surface area contributed by atoms with Crippen LogP contribution in [0.3, 0.4) is 0 Å². The van der Waals surface area contributed by atoms with Gasteiger partial charge in [0.05, 0.1) is 16.3 Å². The highest BCUT2D eigenvalue weighted by Crippen LogP contribution is 2.42. The molecule has 0 aliphatic heterocycles. The highest BCUT2D eigenvalue weighted by molar-refractivity contribution is 9.10. The number of halogens is 1. The summed E-state index contributed by atoms with van der Waals surface area (Å²) in [4.78, 5) is 12.8. The molecule has 0 unspecified atom stereocenters. The van der Waals surface area contributed by atoms with E-state index < -0.39 is 10.0 Å². The van der Waals surface area contributed by atoms with Gasteiger partial charge in [0.25, 0.3) is 5.91 Å². The van der Waals surface area contributed by atoms with E-state index >= 15 is 0 Å². The van der Waals surface area contributed by atoms with E-state index in [1.165, 1.54) is 12.1 Å². The fraction of sp³-hybridized carbons (Fsp3) is 0.250. The molecule has 0 spiro atoms. The maximum Gasteiger partial charge on any atom is 0.273 e. The van der Waals surface area contributed by atoms with Crippen LogP contribution in [0.1, 0.15) is 40.5 Å². The Labute approximate surface area is 182 Å². The van der Waals surface area contributed by atoms with Gasteiger partial charge >= 0.3 is 0 Å². The molecule has 10 heteroatoms. The predicted octanol–water partition coefficient (Wildman–Crippen LogP) is 2.53. The van der Waals surface area contributed by atoms with E-state index in [9.17, 15) is 13.2 Å². The van der Waals surface area contributed by atoms with Crippen LogP contribution in [-0.2, 0) is 16.4 Å². The fourth-order valence-electron chi connectivity index (χ4n) is 3.20. The van der Waals surface area contributed by atoms with E-state index in [4.69, 9.17) is 5.14 Å². The zero-order valence-electron chi connectivity index (χ0n) is 16.0. The zero-order chi connectivity index (χ0) is 21.3. The van der Waals surface area contributed by atoms with Crippen LogP contribution in [0.15, 0.2) is 57.9 Å². The molecule has 1 saturated carbocycles. The van der Waals surface area contributed by atoms with Gasteiger partial charge in [-0.2, -0.15) is 0 Å². The Morgan fingerprint density at radius 1 is 1.13 bits per heavy atom. The van der Waals surface area contributed by atoms with Crippen molar-refractivity contribution in [2.75, 3.05) is 6.54 Å². The first kappa shape index (κ1) is 20.7. The summed E-state index contributed by atoms with van der Waals surface area (Å²) in [6.07, 6.45) is 2.58. The van der Waals surface area contributed by atoms with E-state index in [0.29, 0.717) is 18.7 Å². The fourth-order valence-corrected chi connectivity index (χ4v) is 3.98. The summed E-state index contributed by atoms with van der Waals surface area (Å²) in [6.45, 7) is 0.392. The topological polar surface area (TPSA) is 120 Å². The number of aromatic nitrogens is 3. The van der Waals surface area contributed by atoms with Crippen molar-refractivity contribution in [3.05, 3.63) is 70.0 Å². The summed E-state index contributed by atoms with van der Waals surface area (Å²) in [5.41, 5.74) is 2.95. The first-order chi connectivity index (χ1) is 14.3. The second kappa shape index (κ2) is 8.29. The van der Waals surface area contributed by atoms with E-state index in [0.717, 1.165) is 34.3 Å². The normalized spacial score (nSPS) is 13.9. The van der Waals surface area contributed by atoms with Crippen LogP contribution in [-0.4, -0.2) is 35.9 Å². The van der Waals surface area contributed by atoms with Crippen LogP contribution in [0.2, 0.25) is 0 Å². The molecule has 1 aliphatic rings. The molecule has 3 aromatic rings. The van der Waals surface area contributed by atoms with Crippen molar-refractivity contribution < 1.29 is 13.2 Å². The van der Waals surface area contributed by atoms with E-state index in [1.807, 2.05) is 24.3 Å². The first-order valence-corrected chi connectivity index (χ1v) is 11.8. The number of rotatable bonds is 7. The maximum absolute atomic E-state index is 12.7. The standard InChI is InChI=1S/C20H20BrN5O3S/c21-15-5-7-16(8-6-15)26-19(14-3-4-14)18(24-25-26)20(27)23-12-11-13-1-9-17(10-2-13)30(22,28)29/h1-2,5-10,14H,3-4,11-12H2,(H,23,27)(H2,22,28,29). The highest BCUT2D eigenvalue weighted by atomic mass is 79.9. The lowest BCUT2D eigenvalue weighted by molar-refractivity contribution is 0.0948. The summed E-state index contributed by atoms with van der Waals surface area (Å²) in [6, 6.07) is 14.0. The number of nitrogens with zero attached hydrogens (tertiary/aromatic N) is 3. The predicted molar refractivity (Wildman–Crippen MR) is 115 cm³/mol. The molecule has 1 aliphatic carbocycles. The quantitative estimate of drug-likeness (QED) is 0.528. The van der Waals surface area contributed by atoms with Crippen LogP contribution in [0.5, 0.6) is 0 Å². The monoisotopic (exact) mass is 489 g/mol. The number of hydrogen-bond acceptors (Lipinski definition) is 5. The minimum atomic E-state index is -3.71. The van der Waals surface area contributed by atoms with Crippen molar-refractivity contribution in [1.82, 2.24) is 20.3 Å². The van der Waals surface area contributed by atoms with Gasteiger partial charge in [-0.05, 0) is 61.2 Å². The molecule has 4 rings (SSSR count). The highest BCUT2D eigenvalue weighted by Gasteiger charge is 2.34. The summed E-state index contributed by atoms with van der Waals surface area (Å²) >= 11 is 3.42. The Kier molecular flexibility index (Phi) is 5.72. The SMILES string of the molecule is NS(=O)(=O)c1ccc(CCNC(=O)c2nnn(-c3ccc(Br)cc3)c2C2CC2)cc1. The number of nitrogens with two attached hydrogens (primary N) is 1. The molecule has 1 fully saturated rings. The van der Waals surface area contributed by atoms with Crippen LogP contribution in [0.25, 0.3) is 5.69 Å². The van der Waals surface area contributed by atoms with Crippen LogP contribution in [0, 0.1) is 0 Å². The van der Waals surface area contributed by atoms with E-state index in [1.54, 1.807) is 16.8 Å². The second-order valence-corrected chi connectivity index (χ2v) is 9.66. The lowest BCUT2D eigenvalue weighted by Gasteiger charge is -2.08. The Hall–Kier alpha value is -2.56. The summed E-state index contributed by atoms with van der Waals surface area (Å²) in [5, 5.41) is 16.4. The van der Waals surface area contributed by atoms with Crippen molar-refractivity contribution in [2.45, 2.75) is 30.1 Å².